The van der Waals surface area contributed by atoms with Gasteiger partial charge in [0.2, 0.25) is 5.88 Å². The molecule has 0 amide bonds. The van der Waals surface area contributed by atoms with Crippen LogP contribution in [0.5, 0.6) is 5.88 Å². The van der Waals surface area contributed by atoms with Crippen molar-refractivity contribution in [3.8, 4) is 11.9 Å². The van der Waals surface area contributed by atoms with Crippen LogP contribution in [-0.4, -0.2) is 16.6 Å². The fourth-order valence-corrected chi connectivity index (χ4v) is 1.63. The van der Waals surface area contributed by atoms with Crippen molar-refractivity contribution < 1.29 is 4.74 Å². The highest BCUT2D eigenvalue weighted by molar-refractivity contribution is 9.10. The Morgan fingerprint density at radius 1 is 1.28 bits per heavy atom. The molecule has 0 radical (unpaired) electrons. The van der Waals surface area contributed by atoms with Crippen LogP contribution >= 0.6 is 15.9 Å². The van der Waals surface area contributed by atoms with E-state index < -0.39 is 0 Å². The normalized spacial score (nSPS) is 9.78. The standard InChI is InChI=1S/C13H10BrN3O/c14-11-1-2-13(17-9-11)18-6-4-12-7-10(8-15)3-5-16-12/h1-3,5,7,9H,4,6H2. The molecule has 0 saturated heterocycles. The zero-order valence-electron chi connectivity index (χ0n) is 9.51. The van der Waals surface area contributed by atoms with E-state index in [-0.39, 0.29) is 0 Å². The largest absolute Gasteiger partial charge is 0.477 e. The number of nitriles is 1. The molecule has 18 heavy (non-hydrogen) atoms. The molecule has 0 saturated carbocycles. The molecule has 0 aliphatic rings. The molecule has 2 aromatic heterocycles. The summed E-state index contributed by atoms with van der Waals surface area (Å²) in [6.45, 7) is 0.483. The summed E-state index contributed by atoms with van der Waals surface area (Å²) in [5.41, 5.74) is 1.45. The highest BCUT2D eigenvalue weighted by atomic mass is 79.9. The van der Waals surface area contributed by atoms with Gasteiger partial charge in [-0.25, -0.2) is 4.98 Å². The van der Waals surface area contributed by atoms with Crippen LogP contribution in [0.1, 0.15) is 11.3 Å². The molecule has 0 unspecified atom stereocenters. The van der Waals surface area contributed by atoms with E-state index in [1.54, 1.807) is 30.6 Å². The number of aromatic nitrogens is 2. The van der Waals surface area contributed by atoms with Gasteiger partial charge >= 0.3 is 0 Å². The number of ether oxygens (including phenoxy) is 1. The first kappa shape index (κ1) is 12.5. The Morgan fingerprint density at radius 3 is 2.89 bits per heavy atom. The van der Waals surface area contributed by atoms with Gasteiger partial charge < -0.3 is 4.74 Å². The van der Waals surface area contributed by atoms with Crippen LogP contribution in [0.25, 0.3) is 0 Å². The molecule has 4 nitrogen and oxygen atoms in total. The Labute approximate surface area is 113 Å². The van der Waals surface area contributed by atoms with Gasteiger partial charge in [-0.3, -0.25) is 4.98 Å². The third kappa shape index (κ3) is 3.54. The summed E-state index contributed by atoms with van der Waals surface area (Å²) >= 11 is 3.31. The smallest absolute Gasteiger partial charge is 0.213 e. The molecule has 2 aromatic rings. The fraction of sp³-hybridized carbons (Fsp3) is 0.154. The summed E-state index contributed by atoms with van der Waals surface area (Å²) in [6.07, 6.45) is 3.96. The van der Waals surface area contributed by atoms with Crippen molar-refractivity contribution in [2.75, 3.05) is 6.61 Å². The van der Waals surface area contributed by atoms with Gasteiger partial charge in [0.1, 0.15) is 0 Å². The third-order valence-electron chi connectivity index (χ3n) is 2.25. The number of pyridine rings is 2. The van der Waals surface area contributed by atoms with Crippen LogP contribution in [0.3, 0.4) is 0 Å². The molecule has 90 valence electrons. The lowest BCUT2D eigenvalue weighted by atomic mass is 10.2. The van der Waals surface area contributed by atoms with Crippen molar-refractivity contribution in [3.63, 3.8) is 0 Å². The number of hydrogen-bond acceptors (Lipinski definition) is 4. The zero-order valence-corrected chi connectivity index (χ0v) is 11.1. The van der Waals surface area contributed by atoms with Crippen molar-refractivity contribution in [3.05, 3.63) is 52.4 Å². The van der Waals surface area contributed by atoms with Crippen LogP contribution < -0.4 is 4.74 Å². The van der Waals surface area contributed by atoms with Gasteiger partial charge in [-0.2, -0.15) is 5.26 Å². The monoisotopic (exact) mass is 303 g/mol. The number of hydrogen-bond donors (Lipinski definition) is 0. The Hall–Kier alpha value is -1.93. The second-order valence-electron chi connectivity index (χ2n) is 3.56. The van der Waals surface area contributed by atoms with Crippen molar-refractivity contribution in [1.82, 2.24) is 9.97 Å². The molecule has 0 spiro atoms. The first-order valence-electron chi connectivity index (χ1n) is 5.37. The second-order valence-corrected chi connectivity index (χ2v) is 4.48. The van der Waals surface area contributed by atoms with Gasteiger partial charge in [0.25, 0.3) is 0 Å². The first-order chi connectivity index (χ1) is 8.78. The lowest BCUT2D eigenvalue weighted by molar-refractivity contribution is 0.308. The van der Waals surface area contributed by atoms with E-state index in [2.05, 4.69) is 32.0 Å². The highest BCUT2D eigenvalue weighted by Gasteiger charge is 1.99. The molecular weight excluding hydrogens is 294 g/mol. The quantitative estimate of drug-likeness (QED) is 0.871. The summed E-state index contributed by atoms with van der Waals surface area (Å²) in [4.78, 5) is 8.27. The van der Waals surface area contributed by atoms with E-state index in [0.717, 1.165) is 10.2 Å². The Morgan fingerprint density at radius 2 is 2.17 bits per heavy atom. The van der Waals surface area contributed by atoms with E-state index >= 15 is 0 Å². The number of nitrogens with zero attached hydrogens (tertiary/aromatic N) is 3. The van der Waals surface area contributed by atoms with Crippen molar-refractivity contribution in [2.24, 2.45) is 0 Å². The van der Waals surface area contributed by atoms with Crippen molar-refractivity contribution in [2.45, 2.75) is 6.42 Å². The minimum absolute atomic E-state index is 0.483. The predicted molar refractivity (Wildman–Crippen MR) is 70.1 cm³/mol. The lowest BCUT2D eigenvalue weighted by Gasteiger charge is -2.04. The van der Waals surface area contributed by atoms with Gasteiger partial charge in [-0.05, 0) is 34.1 Å². The van der Waals surface area contributed by atoms with Crippen molar-refractivity contribution >= 4 is 15.9 Å². The van der Waals surface area contributed by atoms with Crippen LogP contribution in [0.15, 0.2) is 41.1 Å². The summed E-state index contributed by atoms with van der Waals surface area (Å²) in [5, 5.41) is 8.77. The SMILES string of the molecule is N#Cc1ccnc(CCOc2ccc(Br)cn2)c1. The Balaban J connectivity index is 1.88. The summed E-state index contributed by atoms with van der Waals surface area (Å²) in [7, 11) is 0. The van der Waals surface area contributed by atoms with E-state index in [1.807, 2.05) is 6.07 Å². The molecule has 0 bridgehead atoms. The van der Waals surface area contributed by atoms with Gasteiger partial charge in [0.05, 0.1) is 18.2 Å². The maximum absolute atomic E-state index is 8.77. The maximum atomic E-state index is 8.77. The van der Waals surface area contributed by atoms with Gasteiger partial charge in [0.15, 0.2) is 0 Å². The maximum Gasteiger partial charge on any atom is 0.213 e. The van der Waals surface area contributed by atoms with Gasteiger partial charge in [0, 0.05) is 35.0 Å². The lowest BCUT2D eigenvalue weighted by Crippen LogP contribution is -2.04. The average Bonchev–Trinajstić information content (AvgIpc) is 2.41. The fourth-order valence-electron chi connectivity index (χ4n) is 1.39. The van der Waals surface area contributed by atoms with E-state index in [4.69, 9.17) is 10.00 Å². The molecule has 0 N–H and O–H groups in total. The summed E-state index contributed by atoms with van der Waals surface area (Å²) < 4.78 is 6.40. The molecule has 0 fully saturated rings. The Kier molecular flexibility index (Phi) is 4.26. The molecule has 2 rings (SSSR count). The first-order valence-corrected chi connectivity index (χ1v) is 6.16. The molecular formula is C13H10BrN3O. The van der Waals surface area contributed by atoms with E-state index in [0.29, 0.717) is 24.5 Å². The molecule has 0 aliphatic heterocycles. The van der Waals surface area contributed by atoms with Crippen LogP contribution in [-0.2, 0) is 6.42 Å². The molecule has 2 heterocycles. The third-order valence-corrected chi connectivity index (χ3v) is 2.72. The molecule has 0 aliphatic carbocycles. The summed E-state index contributed by atoms with van der Waals surface area (Å²) in [5.74, 6) is 0.578. The second kappa shape index (κ2) is 6.12. The van der Waals surface area contributed by atoms with Crippen LogP contribution in [0, 0.1) is 11.3 Å². The molecule has 0 atom stereocenters. The number of halogens is 1. The van der Waals surface area contributed by atoms with Crippen LogP contribution in [0.4, 0.5) is 0 Å². The van der Waals surface area contributed by atoms with E-state index in [9.17, 15) is 0 Å². The van der Waals surface area contributed by atoms with Gasteiger partial charge in [-0.15, -0.1) is 0 Å². The van der Waals surface area contributed by atoms with Crippen LogP contribution in [0.2, 0.25) is 0 Å². The highest BCUT2D eigenvalue weighted by Crippen LogP contribution is 2.12. The molecule has 5 heteroatoms. The predicted octanol–water partition coefficient (Wildman–Crippen LogP) is 2.73. The van der Waals surface area contributed by atoms with E-state index in [1.165, 1.54) is 0 Å². The topological polar surface area (TPSA) is 58.8 Å². The average molecular weight is 304 g/mol. The molecule has 0 aromatic carbocycles. The van der Waals surface area contributed by atoms with Crippen molar-refractivity contribution in [1.29, 1.82) is 5.26 Å². The minimum Gasteiger partial charge on any atom is -0.477 e. The minimum atomic E-state index is 0.483. The summed E-state index contributed by atoms with van der Waals surface area (Å²) in [6, 6.07) is 9.19. The number of rotatable bonds is 4. The Bertz CT molecular complexity index is 563. The zero-order chi connectivity index (χ0) is 12.8. The van der Waals surface area contributed by atoms with Gasteiger partial charge in [-0.1, -0.05) is 0 Å².